The molecule has 2 aliphatic rings. The lowest BCUT2D eigenvalue weighted by Crippen LogP contribution is -2.60. The second-order valence-electron chi connectivity index (χ2n) is 6.16. The van der Waals surface area contributed by atoms with E-state index in [0.29, 0.717) is 19.2 Å². The zero-order valence-corrected chi connectivity index (χ0v) is 13.6. The Balaban J connectivity index is 2.16. The van der Waals surface area contributed by atoms with Gasteiger partial charge in [-0.1, -0.05) is 0 Å². The molecule has 0 bridgehead atoms. The maximum absolute atomic E-state index is 13.8. The molecule has 1 N–H and O–H groups in total. The van der Waals surface area contributed by atoms with Crippen molar-refractivity contribution in [3.63, 3.8) is 0 Å². The molecular formula is C17H16F2N4O2. The number of urea groups is 2. The van der Waals surface area contributed by atoms with Crippen molar-refractivity contribution in [2.75, 3.05) is 13.1 Å². The van der Waals surface area contributed by atoms with Crippen LogP contribution in [0.4, 0.5) is 18.4 Å². The standard InChI is InChI=1S/C17H16F2N4O2/c1-17(11-6-13(18)8-14(19)7-11)12(9-20)10-21-15(24)23(17)16(25)22-4-2-3-5-22/h6-8,10H,2-5H2,1H3,(H,21,24). The minimum absolute atomic E-state index is 0.00430. The van der Waals surface area contributed by atoms with Crippen molar-refractivity contribution in [3.05, 3.63) is 47.2 Å². The van der Waals surface area contributed by atoms with Crippen LogP contribution in [0.2, 0.25) is 0 Å². The van der Waals surface area contributed by atoms with Crippen LogP contribution in [0.1, 0.15) is 25.3 Å². The van der Waals surface area contributed by atoms with Crippen molar-refractivity contribution in [1.82, 2.24) is 15.1 Å². The van der Waals surface area contributed by atoms with E-state index in [1.807, 2.05) is 6.07 Å². The maximum atomic E-state index is 13.8. The normalized spacial score (nSPS) is 23.1. The highest BCUT2D eigenvalue weighted by Gasteiger charge is 2.49. The van der Waals surface area contributed by atoms with Crippen molar-refractivity contribution in [2.45, 2.75) is 25.3 Å². The van der Waals surface area contributed by atoms with E-state index in [4.69, 9.17) is 0 Å². The number of halogens is 2. The molecule has 0 aromatic heterocycles. The van der Waals surface area contributed by atoms with Gasteiger partial charge < -0.3 is 10.2 Å². The summed E-state index contributed by atoms with van der Waals surface area (Å²) in [6.45, 7) is 2.41. The molecule has 1 saturated heterocycles. The number of amides is 4. The predicted octanol–water partition coefficient (Wildman–Crippen LogP) is 2.83. The molecule has 25 heavy (non-hydrogen) atoms. The number of rotatable bonds is 1. The summed E-state index contributed by atoms with van der Waals surface area (Å²) in [5, 5.41) is 11.8. The molecule has 1 aromatic carbocycles. The van der Waals surface area contributed by atoms with Crippen LogP contribution >= 0.6 is 0 Å². The van der Waals surface area contributed by atoms with Crippen LogP contribution in [0.3, 0.4) is 0 Å². The highest BCUT2D eigenvalue weighted by Crippen LogP contribution is 2.39. The van der Waals surface area contributed by atoms with E-state index >= 15 is 0 Å². The Kier molecular flexibility index (Phi) is 4.17. The topological polar surface area (TPSA) is 76.4 Å². The first kappa shape index (κ1) is 16.9. The molecule has 2 aliphatic heterocycles. The molecule has 4 amide bonds. The van der Waals surface area contributed by atoms with Crippen LogP contribution < -0.4 is 5.32 Å². The summed E-state index contributed by atoms with van der Waals surface area (Å²) in [4.78, 5) is 27.7. The van der Waals surface area contributed by atoms with E-state index in [-0.39, 0.29) is 11.1 Å². The van der Waals surface area contributed by atoms with E-state index in [1.165, 1.54) is 18.0 Å². The largest absolute Gasteiger partial charge is 0.330 e. The summed E-state index contributed by atoms with van der Waals surface area (Å²) in [5.41, 5.74) is -1.59. The molecule has 8 heteroatoms. The Morgan fingerprint density at radius 1 is 1.24 bits per heavy atom. The van der Waals surface area contributed by atoms with Gasteiger partial charge in [-0.25, -0.2) is 23.3 Å². The quantitative estimate of drug-likeness (QED) is 0.849. The van der Waals surface area contributed by atoms with Crippen molar-refractivity contribution >= 4 is 12.1 Å². The second-order valence-corrected chi connectivity index (χ2v) is 6.16. The van der Waals surface area contributed by atoms with Crippen molar-refractivity contribution < 1.29 is 18.4 Å². The number of imide groups is 1. The van der Waals surface area contributed by atoms with Crippen LogP contribution in [0.25, 0.3) is 0 Å². The number of nitriles is 1. The molecule has 0 spiro atoms. The van der Waals surface area contributed by atoms with Crippen LogP contribution in [0.15, 0.2) is 30.0 Å². The molecule has 1 atom stereocenters. The molecule has 0 saturated carbocycles. The van der Waals surface area contributed by atoms with Crippen LogP contribution in [-0.4, -0.2) is 35.0 Å². The number of carbonyl (C=O) groups excluding carboxylic acids is 2. The van der Waals surface area contributed by atoms with E-state index in [9.17, 15) is 23.6 Å². The Morgan fingerprint density at radius 2 is 1.84 bits per heavy atom. The van der Waals surface area contributed by atoms with Gasteiger partial charge in [-0.3, -0.25) is 0 Å². The van der Waals surface area contributed by atoms with Gasteiger partial charge in [-0.15, -0.1) is 0 Å². The molecule has 1 aromatic rings. The van der Waals surface area contributed by atoms with Gasteiger partial charge >= 0.3 is 12.1 Å². The van der Waals surface area contributed by atoms with Gasteiger partial charge in [0, 0.05) is 25.4 Å². The van der Waals surface area contributed by atoms with Gasteiger partial charge in [0.05, 0.1) is 11.6 Å². The van der Waals surface area contributed by atoms with Gasteiger partial charge in [0.15, 0.2) is 0 Å². The van der Waals surface area contributed by atoms with Gasteiger partial charge in [-0.2, -0.15) is 5.26 Å². The number of benzene rings is 1. The Hall–Kier alpha value is -2.95. The molecule has 6 nitrogen and oxygen atoms in total. The molecular weight excluding hydrogens is 330 g/mol. The van der Waals surface area contributed by atoms with Gasteiger partial charge in [0.25, 0.3) is 0 Å². The van der Waals surface area contributed by atoms with E-state index in [1.54, 1.807) is 0 Å². The third-order valence-corrected chi connectivity index (χ3v) is 4.63. The third kappa shape index (κ3) is 2.71. The smallest absolute Gasteiger partial charge is 0.324 e. The van der Waals surface area contributed by atoms with E-state index in [0.717, 1.165) is 29.9 Å². The summed E-state index contributed by atoms with van der Waals surface area (Å²) < 4.78 is 27.5. The summed E-state index contributed by atoms with van der Waals surface area (Å²) in [6, 6.07) is 3.32. The monoisotopic (exact) mass is 346 g/mol. The SMILES string of the molecule is CC1(c2cc(F)cc(F)c2)C(C#N)=CNC(=O)N1C(=O)N1CCCC1. The van der Waals surface area contributed by atoms with Crippen LogP contribution in [0.5, 0.6) is 0 Å². The van der Waals surface area contributed by atoms with Crippen molar-refractivity contribution in [2.24, 2.45) is 0 Å². The minimum atomic E-state index is -1.61. The molecule has 0 aliphatic carbocycles. The predicted molar refractivity (Wildman–Crippen MR) is 84.0 cm³/mol. The fraction of sp³-hybridized carbons (Fsp3) is 0.353. The second kappa shape index (κ2) is 6.16. The summed E-state index contributed by atoms with van der Waals surface area (Å²) in [5.74, 6) is -1.71. The van der Waals surface area contributed by atoms with Crippen molar-refractivity contribution in [1.29, 1.82) is 5.26 Å². The van der Waals surface area contributed by atoms with Gasteiger partial charge in [0.1, 0.15) is 17.2 Å². The Bertz CT molecular complexity index is 791. The summed E-state index contributed by atoms with van der Waals surface area (Å²) in [7, 11) is 0. The molecule has 1 unspecified atom stereocenters. The first-order valence-electron chi connectivity index (χ1n) is 7.85. The zero-order valence-electron chi connectivity index (χ0n) is 13.6. The van der Waals surface area contributed by atoms with E-state index < -0.39 is 29.2 Å². The zero-order chi connectivity index (χ0) is 18.2. The van der Waals surface area contributed by atoms with E-state index in [2.05, 4.69) is 5.32 Å². The highest BCUT2D eigenvalue weighted by atomic mass is 19.1. The van der Waals surface area contributed by atoms with Crippen LogP contribution in [-0.2, 0) is 5.54 Å². The average molecular weight is 346 g/mol. The third-order valence-electron chi connectivity index (χ3n) is 4.63. The minimum Gasteiger partial charge on any atom is -0.324 e. The van der Waals surface area contributed by atoms with Crippen molar-refractivity contribution in [3.8, 4) is 6.07 Å². The lowest BCUT2D eigenvalue weighted by molar-refractivity contribution is 0.124. The number of hydrogen-bond donors (Lipinski definition) is 1. The maximum Gasteiger partial charge on any atom is 0.330 e. The highest BCUT2D eigenvalue weighted by molar-refractivity contribution is 5.97. The Morgan fingerprint density at radius 3 is 2.40 bits per heavy atom. The fourth-order valence-corrected chi connectivity index (χ4v) is 3.25. The number of nitrogens with one attached hydrogen (secondary N) is 1. The van der Waals surface area contributed by atoms with Gasteiger partial charge in [0.2, 0.25) is 0 Å². The lowest BCUT2D eigenvalue weighted by Gasteiger charge is -2.43. The lowest BCUT2D eigenvalue weighted by atomic mass is 9.82. The van der Waals surface area contributed by atoms with Crippen LogP contribution in [0, 0.1) is 23.0 Å². The Labute approximate surface area is 143 Å². The first-order chi connectivity index (χ1) is 11.9. The number of carbonyl (C=O) groups is 2. The fourth-order valence-electron chi connectivity index (χ4n) is 3.25. The number of hydrogen-bond acceptors (Lipinski definition) is 3. The summed E-state index contributed by atoms with van der Waals surface area (Å²) in [6.07, 6.45) is 2.79. The molecule has 130 valence electrons. The number of nitrogens with zero attached hydrogens (tertiary/aromatic N) is 3. The molecule has 1 fully saturated rings. The molecule has 0 radical (unpaired) electrons. The molecule has 2 heterocycles. The average Bonchev–Trinajstić information content (AvgIpc) is 3.08. The summed E-state index contributed by atoms with van der Waals surface area (Å²) >= 11 is 0. The van der Waals surface area contributed by atoms with Gasteiger partial charge in [-0.05, 0) is 37.5 Å². The molecule has 3 rings (SSSR count). The first-order valence-corrected chi connectivity index (χ1v) is 7.85. The number of likely N-dealkylation sites (tertiary alicyclic amines) is 1.